The van der Waals surface area contributed by atoms with E-state index in [1.165, 1.54) is 0 Å². The first-order valence-corrected chi connectivity index (χ1v) is 8.81. The van der Waals surface area contributed by atoms with Gasteiger partial charge in [0.05, 0.1) is 16.6 Å². The molecule has 23 heavy (non-hydrogen) atoms. The summed E-state index contributed by atoms with van der Waals surface area (Å²) in [5.74, 6) is 0.510. The molecule has 1 heterocycles. The molecule has 5 heteroatoms. The van der Waals surface area contributed by atoms with Crippen molar-refractivity contribution in [3.05, 3.63) is 64.9 Å². The number of carbonyl (C=O) groups is 1. The van der Waals surface area contributed by atoms with Crippen LogP contribution in [0.25, 0.3) is 11.0 Å². The summed E-state index contributed by atoms with van der Waals surface area (Å²) in [5, 5.41) is 4.40. The van der Waals surface area contributed by atoms with E-state index in [1.807, 2.05) is 49.6 Å². The summed E-state index contributed by atoms with van der Waals surface area (Å²) in [5.41, 5.74) is 1.28. The van der Waals surface area contributed by atoms with Crippen molar-refractivity contribution in [1.29, 1.82) is 0 Å². The summed E-state index contributed by atoms with van der Waals surface area (Å²) in [6.07, 6.45) is 1.96. The van der Waals surface area contributed by atoms with Crippen molar-refractivity contribution in [2.45, 2.75) is 17.9 Å². The average Bonchev–Trinajstić information content (AvgIpc) is 2.99. The third kappa shape index (κ3) is 3.38. The van der Waals surface area contributed by atoms with Gasteiger partial charge in [0.15, 0.2) is 0 Å². The first kappa shape index (κ1) is 16.0. The van der Waals surface area contributed by atoms with Gasteiger partial charge in [-0.05, 0) is 43.5 Å². The number of halogens is 1. The Kier molecular flexibility index (Phi) is 4.64. The van der Waals surface area contributed by atoms with Gasteiger partial charge < -0.3 is 9.73 Å². The van der Waals surface area contributed by atoms with Crippen LogP contribution in [0.1, 0.15) is 29.1 Å². The van der Waals surface area contributed by atoms with Crippen LogP contribution in [0, 0.1) is 0 Å². The monoisotopic (exact) mass is 345 g/mol. The van der Waals surface area contributed by atoms with Crippen molar-refractivity contribution in [2.75, 3.05) is 6.26 Å². The Morgan fingerprint density at radius 2 is 2.00 bits per heavy atom. The molecule has 0 radical (unpaired) electrons. The van der Waals surface area contributed by atoms with Crippen molar-refractivity contribution < 1.29 is 9.21 Å². The summed E-state index contributed by atoms with van der Waals surface area (Å²) in [6.45, 7) is 1.89. The molecule has 3 rings (SSSR count). The number of hydrogen-bond acceptors (Lipinski definition) is 3. The number of furan rings is 1. The number of hydrogen-bond donors (Lipinski definition) is 1. The van der Waals surface area contributed by atoms with E-state index in [1.54, 1.807) is 23.9 Å². The second-order valence-corrected chi connectivity index (χ2v) is 6.51. The molecule has 1 amide bonds. The first-order chi connectivity index (χ1) is 11.1. The minimum absolute atomic E-state index is 0.209. The Bertz CT molecular complexity index is 826. The van der Waals surface area contributed by atoms with E-state index in [-0.39, 0.29) is 11.9 Å². The number of para-hydroxylation sites is 1. The molecule has 3 nitrogen and oxygen atoms in total. The smallest absolute Gasteiger partial charge is 0.253 e. The maximum atomic E-state index is 12.5. The fraction of sp³-hybridized carbons (Fsp3) is 0.167. The number of benzene rings is 2. The van der Waals surface area contributed by atoms with E-state index in [4.69, 9.17) is 16.0 Å². The fourth-order valence-electron chi connectivity index (χ4n) is 2.37. The van der Waals surface area contributed by atoms with Crippen LogP contribution in [-0.2, 0) is 0 Å². The summed E-state index contributed by atoms with van der Waals surface area (Å²) in [7, 11) is 0. The zero-order valence-electron chi connectivity index (χ0n) is 12.8. The van der Waals surface area contributed by atoms with Gasteiger partial charge in [-0.3, -0.25) is 4.79 Å². The van der Waals surface area contributed by atoms with E-state index in [9.17, 15) is 4.79 Å². The largest absolute Gasteiger partial charge is 0.459 e. The van der Waals surface area contributed by atoms with Crippen LogP contribution in [0.15, 0.2) is 57.8 Å². The summed E-state index contributed by atoms with van der Waals surface area (Å²) in [4.78, 5) is 13.5. The third-order valence-electron chi connectivity index (χ3n) is 3.64. The van der Waals surface area contributed by atoms with Gasteiger partial charge in [-0.1, -0.05) is 29.8 Å². The van der Waals surface area contributed by atoms with Gasteiger partial charge in [0, 0.05) is 10.3 Å². The minimum atomic E-state index is -0.246. The summed E-state index contributed by atoms with van der Waals surface area (Å²) >= 11 is 7.72. The van der Waals surface area contributed by atoms with Gasteiger partial charge in [-0.2, -0.15) is 0 Å². The number of thioether (sulfide) groups is 1. The third-order valence-corrected chi connectivity index (χ3v) is 4.69. The lowest BCUT2D eigenvalue weighted by Crippen LogP contribution is -2.26. The zero-order valence-corrected chi connectivity index (χ0v) is 14.4. The van der Waals surface area contributed by atoms with Crippen molar-refractivity contribution in [3.63, 3.8) is 0 Å². The molecule has 1 N–H and O–H groups in total. The lowest BCUT2D eigenvalue weighted by Gasteiger charge is -2.13. The van der Waals surface area contributed by atoms with E-state index in [2.05, 4.69) is 5.32 Å². The van der Waals surface area contributed by atoms with Crippen molar-refractivity contribution in [2.24, 2.45) is 0 Å². The topological polar surface area (TPSA) is 42.2 Å². The Hall–Kier alpha value is -1.91. The second-order valence-electron chi connectivity index (χ2n) is 5.23. The lowest BCUT2D eigenvalue weighted by atomic mass is 10.1. The van der Waals surface area contributed by atoms with Gasteiger partial charge in [0.1, 0.15) is 11.3 Å². The molecular formula is C18H16ClNO2S. The Morgan fingerprint density at radius 1 is 1.22 bits per heavy atom. The highest BCUT2D eigenvalue weighted by atomic mass is 35.5. The highest BCUT2D eigenvalue weighted by molar-refractivity contribution is 7.98. The van der Waals surface area contributed by atoms with E-state index in [0.717, 1.165) is 21.6 Å². The molecule has 118 valence electrons. The zero-order chi connectivity index (χ0) is 16.4. The molecule has 3 aromatic rings. The van der Waals surface area contributed by atoms with Gasteiger partial charge in [-0.15, -0.1) is 11.8 Å². The Labute approximate surface area is 144 Å². The van der Waals surface area contributed by atoms with E-state index >= 15 is 0 Å². The van der Waals surface area contributed by atoms with Crippen LogP contribution < -0.4 is 5.32 Å². The maximum Gasteiger partial charge on any atom is 0.253 e. The molecule has 0 aliphatic carbocycles. The molecule has 1 unspecified atom stereocenters. The SMILES string of the molecule is CSc1ccc(Cl)c(C(=O)NC(C)c2cc3ccccc3o2)c1. The lowest BCUT2D eigenvalue weighted by molar-refractivity contribution is 0.0935. The highest BCUT2D eigenvalue weighted by Gasteiger charge is 2.17. The number of carbonyl (C=O) groups excluding carboxylic acids is 1. The van der Waals surface area contributed by atoms with Crippen LogP contribution in [0.3, 0.4) is 0 Å². The van der Waals surface area contributed by atoms with E-state index in [0.29, 0.717) is 10.6 Å². The molecule has 1 atom stereocenters. The molecule has 0 saturated heterocycles. The van der Waals surface area contributed by atoms with Crippen LogP contribution >= 0.6 is 23.4 Å². The van der Waals surface area contributed by atoms with Gasteiger partial charge in [0.25, 0.3) is 5.91 Å². The predicted molar refractivity (Wildman–Crippen MR) is 95.3 cm³/mol. The Balaban J connectivity index is 1.81. The molecule has 0 bridgehead atoms. The quantitative estimate of drug-likeness (QED) is 0.652. The predicted octanol–water partition coefficient (Wildman–Crippen LogP) is 5.30. The van der Waals surface area contributed by atoms with Crippen LogP contribution in [-0.4, -0.2) is 12.2 Å². The van der Waals surface area contributed by atoms with Crippen LogP contribution in [0.4, 0.5) is 0 Å². The molecule has 0 spiro atoms. The van der Waals surface area contributed by atoms with Crippen LogP contribution in [0.5, 0.6) is 0 Å². The number of rotatable bonds is 4. The Morgan fingerprint density at radius 3 is 2.74 bits per heavy atom. The standard InChI is InChI=1S/C18H16ClNO2S/c1-11(17-9-12-5-3-4-6-16(12)22-17)20-18(21)14-10-13(23-2)7-8-15(14)19/h3-11H,1-2H3,(H,20,21). The van der Waals surface area contributed by atoms with Crippen molar-refractivity contribution in [3.8, 4) is 0 Å². The van der Waals surface area contributed by atoms with Gasteiger partial charge in [0.2, 0.25) is 0 Å². The minimum Gasteiger partial charge on any atom is -0.459 e. The molecule has 0 fully saturated rings. The van der Waals surface area contributed by atoms with Crippen molar-refractivity contribution in [1.82, 2.24) is 5.32 Å². The molecule has 1 aromatic heterocycles. The molecule has 0 aliphatic heterocycles. The first-order valence-electron chi connectivity index (χ1n) is 7.21. The summed E-state index contributed by atoms with van der Waals surface area (Å²) in [6, 6.07) is 14.9. The average molecular weight is 346 g/mol. The molecule has 0 aliphatic rings. The number of nitrogens with one attached hydrogen (secondary N) is 1. The molecule has 2 aromatic carbocycles. The van der Waals surface area contributed by atoms with E-state index < -0.39 is 0 Å². The molecular weight excluding hydrogens is 330 g/mol. The van der Waals surface area contributed by atoms with Gasteiger partial charge in [-0.25, -0.2) is 0 Å². The highest BCUT2D eigenvalue weighted by Crippen LogP contribution is 2.26. The fourth-order valence-corrected chi connectivity index (χ4v) is 3.01. The van der Waals surface area contributed by atoms with Gasteiger partial charge >= 0.3 is 0 Å². The molecule has 0 saturated carbocycles. The maximum absolute atomic E-state index is 12.5. The number of fused-ring (bicyclic) bond motifs is 1. The second kappa shape index (κ2) is 6.69. The number of amides is 1. The van der Waals surface area contributed by atoms with Crippen LogP contribution in [0.2, 0.25) is 5.02 Å². The van der Waals surface area contributed by atoms with Crippen molar-refractivity contribution >= 4 is 40.2 Å². The summed E-state index contributed by atoms with van der Waals surface area (Å²) < 4.78 is 5.79. The normalized spacial score (nSPS) is 12.3.